The Labute approximate surface area is 76.0 Å². The zero-order chi connectivity index (χ0) is 9.99. The summed E-state index contributed by atoms with van der Waals surface area (Å²) in [6.45, 7) is 10.7. The van der Waals surface area contributed by atoms with Crippen LogP contribution in [0.2, 0.25) is 0 Å². The maximum absolute atomic E-state index is 7.43. The highest BCUT2D eigenvalue weighted by Gasteiger charge is 2.29. The summed E-state index contributed by atoms with van der Waals surface area (Å²) < 4.78 is 0. The van der Waals surface area contributed by atoms with Crippen molar-refractivity contribution in [3.8, 4) is 0 Å². The normalized spacial score (nSPS) is 13.1. The molecule has 3 N–H and O–H groups in total. The van der Waals surface area contributed by atoms with Crippen LogP contribution in [0.25, 0.3) is 0 Å². The van der Waals surface area contributed by atoms with Gasteiger partial charge in [-0.1, -0.05) is 41.0 Å². The third kappa shape index (κ3) is 3.24. The standard InChI is InChI=1S/C10H22N2/c1-6-9(2,3)7-10(4,5)8(11)12/h6-7H2,1-5H3,(H3,11,12). The van der Waals surface area contributed by atoms with Crippen molar-refractivity contribution in [3.05, 3.63) is 0 Å². The molecule has 0 aliphatic heterocycles. The van der Waals surface area contributed by atoms with Crippen LogP contribution in [0.15, 0.2) is 0 Å². The Morgan fingerprint density at radius 2 is 1.67 bits per heavy atom. The summed E-state index contributed by atoms with van der Waals surface area (Å²) in [6.07, 6.45) is 2.11. The molecule has 0 aliphatic carbocycles. The molecule has 0 heterocycles. The first-order chi connectivity index (χ1) is 5.21. The largest absolute Gasteiger partial charge is 0.387 e. The number of hydrogen-bond donors (Lipinski definition) is 2. The number of rotatable bonds is 4. The van der Waals surface area contributed by atoms with Gasteiger partial charge in [-0.05, 0) is 11.8 Å². The van der Waals surface area contributed by atoms with Gasteiger partial charge < -0.3 is 5.73 Å². The third-order valence-electron chi connectivity index (χ3n) is 2.61. The summed E-state index contributed by atoms with van der Waals surface area (Å²) >= 11 is 0. The zero-order valence-electron chi connectivity index (χ0n) is 8.99. The van der Waals surface area contributed by atoms with Crippen molar-refractivity contribution in [2.24, 2.45) is 16.6 Å². The van der Waals surface area contributed by atoms with E-state index >= 15 is 0 Å². The van der Waals surface area contributed by atoms with E-state index in [9.17, 15) is 0 Å². The molecule has 0 rings (SSSR count). The monoisotopic (exact) mass is 170 g/mol. The minimum absolute atomic E-state index is 0.153. The minimum Gasteiger partial charge on any atom is -0.387 e. The SMILES string of the molecule is CCC(C)(C)CC(C)(C)C(=N)N. The molecule has 0 aliphatic rings. The molecule has 0 aromatic carbocycles. The molecule has 0 fully saturated rings. The lowest BCUT2D eigenvalue weighted by Gasteiger charge is -2.33. The van der Waals surface area contributed by atoms with Gasteiger partial charge in [0.2, 0.25) is 0 Å². The van der Waals surface area contributed by atoms with Crippen molar-refractivity contribution in [2.75, 3.05) is 0 Å². The molecule has 2 heteroatoms. The van der Waals surface area contributed by atoms with Crippen LogP contribution in [0.3, 0.4) is 0 Å². The highest BCUT2D eigenvalue weighted by molar-refractivity contribution is 5.82. The second-order valence-corrected chi connectivity index (χ2v) is 4.99. The number of amidine groups is 1. The van der Waals surface area contributed by atoms with Crippen LogP contribution < -0.4 is 5.73 Å². The molecule has 72 valence electrons. The van der Waals surface area contributed by atoms with Crippen LogP contribution >= 0.6 is 0 Å². The molecule has 0 spiro atoms. The van der Waals surface area contributed by atoms with Gasteiger partial charge in [-0.3, -0.25) is 5.41 Å². The predicted molar refractivity (Wildman–Crippen MR) is 54.4 cm³/mol. The van der Waals surface area contributed by atoms with Gasteiger partial charge in [0.15, 0.2) is 0 Å². The summed E-state index contributed by atoms with van der Waals surface area (Å²) in [7, 11) is 0. The topological polar surface area (TPSA) is 49.9 Å². The quantitative estimate of drug-likeness (QED) is 0.494. The smallest absolute Gasteiger partial charge is 0.0963 e. The Morgan fingerprint density at radius 3 is 1.92 bits per heavy atom. The van der Waals surface area contributed by atoms with Crippen molar-refractivity contribution >= 4 is 5.84 Å². The fourth-order valence-corrected chi connectivity index (χ4v) is 1.42. The summed E-state index contributed by atoms with van der Waals surface area (Å²) in [4.78, 5) is 0. The van der Waals surface area contributed by atoms with Crippen LogP contribution in [-0.2, 0) is 0 Å². The van der Waals surface area contributed by atoms with Crippen LogP contribution in [0.4, 0.5) is 0 Å². The van der Waals surface area contributed by atoms with Crippen molar-refractivity contribution in [1.29, 1.82) is 5.41 Å². The van der Waals surface area contributed by atoms with Crippen molar-refractivity contribution in [3.63, 3.8) is 0 Å². The van der Waals surface area contributed by atoms with Gasteiger partial charge in [-0.15, -0.1) is 0 Å². The maximum atomic E-state index is 7.43. The van der Waals surface area contributed by atoms with E-state index in [0.717, 1.165) is 12.8 Å². The Hall–Kier alpha value is -0.530. The van der Waals surface area contributed by atoms with E-state index in [1.54, 1.807) is 0 Å². The van der Waals surface area contributed by atoms with E-state index in [2.05, 4.69) is 20.8 Å². The van der Waals surface area contributed by atoms with Crippen LogP contribution in [-0.4, -0.2) is 5.84 Å². The van der Waals surface area contributed by atoms with E-state index in [1.165, 1.54) is 0 Å². The first-order valence-electron chi connectivity index (χ1n) is 4.56. The molecule has 0 unspecified atom stereocenters. The first kappa shape index (κ1) is 11.5. The number of nitrogens with two attached hydrogens (primary N) is 1. The molecule has 0 saturated heterocycles. The molecule has 12 heavy (non-hydrogen) atoms. The summed E-state index contributed by atoms with van der Waals surface area (Å²) in [5.74, 6) is 0.295. The van der Waals surface area contributed by atoms with Crippen LogP contribution in [0, 0.1) is 16.2 Å². The van der Waals surface area contributed by atoms with E-state index in [-0.39, 0.29) is 10.8 Å². The van der Waals surface area contributed by atoms with E-state index < -0.39 is 0 Å². The van der Waals surface area contributed by atoms with Gasteiger partial charge in [0.05, 0.1) is 5.84 Å². The molecule has 0 saturated carbocycles. The lowest BCUT2D eigenvalue weighted by atomic mass is 9.73. The molecule has 0 aromatic rings. The number of hydrogen-bond acceptors (Lipinski definition) is 1. The van der Waals surface area contributed by atoms with Gasteiger partial charge in [-0.2, -0.15) is 0 Å². The lowest BCUT2D eigenvalue weighted by Crippen LogP contribution is -2.35. The molecule has 2 nitrogen and oxygen atoms in total. The van der Waals surface area contributed by atoms with Crippen molar-refractivity contribution < 1.29 is 0 Å². The third-order valence-corrected chi connectivity index (χ3v) is 2.61. The van der Waals surface area contributed by atoms with Crippen molar-refractivity contribution in [1.82, 2.24) is 0 Å². The summed E-state index contributed by atoms with van der Waals surface area (Å²) in [6, 6.07) is 0. The van der Waals surface area contributed by atoms with Crippen molar-refractivity contribution in [2.45, 2.75) is 47.5 Å². The van der Waals surface area contributed by atoms with Gasteiger partial charge in [0.1, 0.15) is 0 Å². The molecular formula is C10H22N2. The maximum Gasteiger partial charge on any atom is 0.0963 e. The minimum atomic E-state index is -0.153. The first-order valence-corrected chi connectivity index (χ1v) is 4.56. The number of nitrogens with one attached hydrogen (secondary N) is 1. The Bertz CT molecular complexity index is 169. The molecular weight excluding hydrogens is 148 g/mol. The fraction of sp³-hybridized carbons (Fsp3) is 0.900. The second-order valence-electron chi connectivity index (χ2n) is 4.99. The molecule has 0 bridgehead atoms. The molecule has 0 radical (unpaired) electrons. The van der Waals surface area contributed by atoms with Gasteiger partial charge in [-0.25, -0.2) is 0 Å². The van der Waals surface area contributed by atoms with Crippen LogP contribution in [0.1, 0.15) is 47.5 Å². The summed E-state index contributed by atoms with van der Waals surface area (Å²) in [5.41, 5.74) is 5.65. The van der Waals surface area contributed by atoms with E-state index in [4.69, 9.17) is 11.1 Å². The highest BCUT2D eigenvalue weighted by Crippen LogP contribution is 2.35. The van der Waals surface area contributed by atoms with E-state index in [1.807, 2.05) is 13.8 Å². The van der Waals surface area contributed by atoms with Gasteiger partial charge in [0.25, 0.3) is 0 Å². The van der Waals surface area contributed by atoms with Crippen LogP contribution in [0.5, 0.6) is 0 Å². The molecule has 0 atom stereocenters. The second kappa shape index (κ2) is 3.46. The summed E-state index contributed by atoms with van der Waals surface area (Å²) in [5, 5.41) is 7.43. The average Bonchev–Trinajstić information content (AvgIpc) is 1.85. The Morgan fingerprint density at radius 1 is 1.25 bits per heavy atom. The zero-order valence-corrected chi connectivity index (χ0v) is 8.99. The Kier molecular flexibility index (Phi) is 3.31. The average molecular weight is 170 g/mol. The molecule has 0 aromatic heterocycles. The lowest BCUT2D eigenvalue weighted by molar-refractivity contribution is 0.242. The van der Waals surface area contributed by atoms with E-state index in [0.29, 0.717) is 5.84 Å². The predicted octanol–water partition coefficient (Wildman–Crippen LogP) is 2.77. The molecule has 0 amide bonds. The highest BCUT2D eigenvalue weighted by atomic mass is 14.7. The Balaban J connectivity index is 4.34. The fourth-order valence-electron chi connectivity index (χ4n) is 1.42. The van der Waals surface area contributed by atoms with Gasteiger partial charge >= 0.3 is 0 Å². The van der Waals surface area contributed by atoms with Gasteiger partial charge in [0, 0.05) is 5.41 Å².